The lowest BCUT2D eigenvalue weighted by Crippen LogP contribution is -2.25. The van der Waals surface area contributed by atoms with E-state index in [9.17, 15) is 4.79 Å². The molecule has 0 atom stereocenters. The van der Waals surface area contributed by atoms with Crippen molar-refractivity contribution >= 4 is 16.9 Å². The van der Waals surface area contributed by atoms with Crippen LogP contribution in [-0.4, -0.2) is 42.1 Å². The van der Waals surface area contributed by atoms with Crippen LogP contribution in [0.25, 0.3) is 10.9 Å². The van der Waals surface area contributed by atoms with Gasteiger partial charge in [-0.05, 0) is 32.0 Å². The summed E-state index contributed by atoms with van der Waals surface area (Å²) in [5.74, 6) is -0.239. The van der Waals surface area contributed by atoms with Gasteiger partial charge in [-0.3, -0.25) is 4.90 Å². The van der Waals surface area contributed by atoms with Crippen LogP contribution in [0.1, 0.15) is 23.2 Å². The molecule has 19 heavy (non-hydrogen) atoms. The SMILES string of the molecule is O=C(OCCN1CCCC1)c1c[nH]c2ccccc12. The predicted octanol–water partition coefficient (Wildman–Crippen LogP) is 2.42. The van der Waals surface area contributed by atoms with E-state index in [0.717, 1.165) is 30.5 Å². The van der Waals surface area contributed by atoms with Crippen LogP contribution < -0.4 is 0 Å². The number of nitrogens with zero attached hydrogens (tertiary/aromatic N) is 1. The van der Waals surface area contributed by atoms with E-state index >= 15 is 0 Å². The summed E-state index contributed by atoms with van der Waals surface area (Å²) in [7, 11) is 0. The molecule has 1 aromatic heterocycles. The van der Waals surface area contributed by atoms with Gasteiger partial charge in [-0.25, -0.2) is 4.79 Å². The molecule has 0 amide bonds. The van der Waals surface area contributed by atoms with E-state index in [1.54, 1.807) is 6.20 Å². The zero-order valence-electron chi connectivity index (χ0n) is 10.9. The second-order valence-electron chi connectivity index (χ2n) is 4.93. The maximum atomic E-state index is 12.0. The van der Waals surface area contributed by atoms with Crippen LogP contribution in [-0.2, 0) is 4.74 Å². The van der Waals surface area contributed by atoms with E-state index in [1.807, 2.05) is 24.3 Å². The maximum absolute atomic E-state index is 12.0. The quantitative estimate of drug-likeness (QED) is 0.857. The minimum atomic E-state index is -0.239. The van der Waals surface area contributed by atoms with Crippen molar-refractivity contribution in [3.05, 3.63) is 36.0 Å². The first-order valence-electron chi connectivity index (χ1n) is 6.80. The van der Waals surface area contributed by atoms with Gasteiger partial charge < -0.3 is 9.72 Å². The summed E-state index contributed by atoms with van der Waals surface area (Å²) in [4.78, 5) is 17.5. The average molecular weight is 258 g/mol. The van der Waals surface area contributed by atoms with E-state index in [1.165, 1.54) is 12.8 Å². The topological polar surface area (TPSA) is 45.3 Å². The Labute approximate surface area is 112 Å². The standard InChI is InChI=1S/C15H18N2O2/c18-15(19-10-9-17-7-3-4-8-17)13-11-16-14-6-2-1-5-12(13)14/h1-2,5-6,11,16H,3-4,7-10H2. The molecule has 1 aromatic carbocycles. The number of hydrogen-bond acceptors (Lipinski definition) is 3. The fraction of sp³-hybridized carbons (Fsp3) is 0.400. The van der Waals surface area contributed by atoms with Crippen molar-refractivity contribution in [2.75, 3.05) is 26.2 Å². The summed E-state index contributed by atoms with van der Waals surface area (Å²) < 4.78 is 5.36. The molecule has 4 nitrogen and oxygen atoms in total. The third-order valence-electron chi connectivity index (χ3n) is 3.65. The van der Waals surface area contributed by atoms with Crippen LogP contribution >= 0.6 is 0 Å². The number of benzene rings is 1. The molecule has 0 radical (unpaired) electrons. The van der Waals surface area contributed by atoms with E-state index in [0.29, 0.717) is 12.2 Å². The van der Waals surface area contributed by atoms with Crippen LogP contribution in [0.5, 0.6) is 0 Å². The number of nitrogens with one attached hydrogen (secondary N) is 1. The molecular formula is C15H18N2O2. The van der Waals surface area contributed by atoms with Crippen LogP contribution in [0, 0.1) is 0 Å². The Balaban J connectivity index is 1.60. The van der Waals surface area contributed by atoms with Gasteiger partial charge in [0.2, 0.25) is 0 Å². The van der Waals surface area contributed by atoms with Crippen LogP contribution in [0.15, 0.2) is 30.5 Å². The highest BCUT2D eigenvalue weighted by molar-refractivity contribution is 6.03. The molecule has 1 N–H and O–H groups in total. The minimum absolute atomic E-state index is 0.239. The van der Waals surface area contributed by atoms with Gasteiger partial charge in [0.25, 0.3) is 0 Å². The average Bonchev–Trinajstić information content (AvgIpc) is 3.07. The second-order valence-corrected chi connectivity index (χ2v) is 4.93. The summed E-state index contributed by atoms with van der Waals surface area (Å²) in [6.07, 6.45) is 4.25. The van der Waals surface area contributed by atoms with Gasteiger partial charge in [0.1, 0.15) is 6.61 Å². The van der Waals surface area contributed by atoms with Crippen LogP contribution in [0.4, 0.5) is 0 Å². The molecule has 1 aliphatic heterocycles. The summed E-state index contributed by atoms with van der Waals surface area (Å²) >= 11 is 0. The van der Waals surface area contributed by atoms with E-state index < -0.39 is 0 Å². The van der Waals surface area contributed by atoms with Crippen molar-refractivity contribution in [3.63, 3.8) is 0 Å². The number of H-pyrrole nitrogens is 1. The Morgan fingerprint density at radius 2 is 2.05 bits per heavy atom. The molecule has 3 rings (SSSR count). The number of likely N-dealkylation sites (tertiary alicyclic amines) is 1. The van der Waals surface area contributed by atoms with Crippen LogP contribution in [0.3, 0.4) is 0 Å². The zero-order chi connectivity index (χ0) is 13.1. The Bertz CT molecular complexity index is 570. The molecule has 0 spiro atoms. The number of rotatable bonds is 4. The van der Waals surface area contributed by atoms with Gasteiger partial charge in [0.15, 0.2) is 0 Å². The molecule has 0 bridgehead atoms. The largest absolute Gasteiger partial charge is 0.461 e. The van der Waals surface area contributed by atoms with Gasteiger partial charge >= 0.3 is 5.97 Å². The van der Waals surface area contributed by atoms with Gasteiger partial charge in [-0.1, -0.05) is 18.2 Å². The number of para-hydroxylation sites is 1. The predicted molar refractivity (Wildman–Crippen MR) is 74.3 cm³/mol. The number of ether oxygens (including phenoxy) is 1. The molecule has 0 unspecified atom stereocenters. The van der Waals surface area contributed by atoms with E-state index in [4.69, 9.17) is 4.74 Å². The number of fused-ring (bicyclic) bond motifs is 1. The van der Waals surface area contributed by atoms with Crippen LogP contribution in [0.2, 0.25) is 0 Å². The lowest BCUT2D eigenvalue weighted by atomic mass is 10.2. The Kier molecular flexibility index (Phi) is 3.51. The number of aromatic amines is 1. The Hall–Kier alpha value is -1.81. The monoisotopic (exact) mass is 258 g/mol. The number of carbonyl (C=O) groups is 1. The fourth-order valence-corrected chi connectivity index (χ4v) is 2.59. The van der Waals surface area contributed by atoms with Gasteiger partial charge in [0, 0.05) is 23.6 Å². The number of aromatic nitrogens is 1. The summed E-state index contributed by atoms with van der Waals surface area (Å²) in [5.41, 5.74) is 1.59. The van der Waals surface area contributed by atoms with Gasteiger partial charge in [-0.2, -0.15) is 0 Å². The molecule has 1 aliphatic rings. The lowest BCUT2D eigenvalue weighted by Gasteiger charge is -2.13. The zero-order valence-corrected chi connectivity index (χ0v) is 10.9. The molecule has 1 saturated heterocycles. The van der Waals surface area contributed by atoms with Crippen molar-refractivity contribution in [1.82, 2.24) is 9.88 Å². The molecule has 1 fully saturated rings. The van der Waals surface area contributed by atoms with Crippen molar-refractivity contribution in [3.8, 4) is 0 Å². The summed E-state index contributed by atoms with van der Waals surface area (Å²) in [6, 6.07) is 7.76. The minimum Gasteiger partial charge on any atom is -0.461 e. The third-order valence-corrected chi connectivity index (χ3v) is 3.65. The van der Waals surface area contributed by atoms with E-state index in [-0.39, 0.29) is 5.97 Å². The molecule has 2 aromatic rings. The first kappa shape index (κ1) is 12.2. The first-order chi connectivity index (χ1) is 9.34. The normalized spacial score (nSPS) is 16.0. The van der Waals surface area contributed by atoms with Gasteiger partial charge in [0.05, 0.1) is 5.56 Å². The van der Waals surface area contributed by atoms with Crippen molar-refractivity contribution in [2.45, 2.75) is 12.8 Å². The second kappa shape index (κ2) is 5.45. The van der Waals surface area contributed by atoms with Crippen molar-refractivity contribution in [1.29, 1.82) is 0 Å². The first-order valence-corrected chi connectivity index (χ1v) is 6.80. The smallest absolute Gasteiger partial charge is 0.340 e. The van der Waals surface area contributed by atoms with E-state index in [2.05, 4.69) is 9.88 Å². The van der Waals surface area contributed by atoms with Crippen molar-refractivity contribution < 1.29 is 9.53 Å². The molecule has 4 heteroatoms. The Morgan fingerprint density at radius 3 is 2.89 bits per heavy atom. The van der Waals surface area contributed by atoms with Crippen molar-refractivity contribution in [2.24, 2.45) is 0 Å². The highest BCUT2D eigenvalue weighted by Crippen LogP contribution is 2.18. The Morgan fingerprint density at radius 1 is 1.26 bits per heavy atom. The molecule has 0 aliphatic carbocycles. The third kappa shape index (κ3) is 2.63. The number of esters is 1. The summed E-state index contributed by atoms with van der Waals surface area (Å²) in [6.45, 7) is 3.57. The lowest BCUT2D eigenvalue weighted by molar-refractivity contribution is 0.0474. The van der Waals surface area contributed by atoms with Gasteiger partial charge in [-0.15, -0.1) is 0 Å². The number of hydrogen-bond donors (Lipinski definition) is 1. The highest BCUT2D eigenvalue weighted by Gasteiger charge is 2.15. The summed E-state index contributed by atoms with van der Waals surface area (Å²) in [5, 5.41) is 0.925. The fourth-order valence-electron chi connectivity index (χ4n) is 2.59. The maximum Gasteiger partial charge on any atom is 0.340 e. The molecular weight excluding hydrogens is 240 g/mol. The molecule has 2 heterocycles. The molecule has 0 saturated carbocycles. The highest BCUT2D eigenvalue weighted by atomic mass is 16.5. The number of carbonyl (C=O) groups excluding carboxylic acids is 1. The molecule has 100 valence electrons.